The summed E-state index contributed by atoms with van der Waals surface area (Å²) in [5.41, 5.74) is 0.350. The minimum absolute atomic E-state index is 0.201. The van der Waals surface area contributed by atoms with Crippen LogP contribution in [-0.2, 0) is 9.53 Å². The van der Waals surface area contributed by atoms with Gasteiger partial charge < -0.3 is 10.1 Å². The maximum absolute atomic E-state index is 11.4. The molecule has 0 atom stereocenters. The number of halogens is 1. The van der Waals surface area contributed by atoms with E-state index in [-0.39, 0.29) is 18.2 Å². The second-order valence-electron chi connectivity index (χ2n) is 3.14. The van der Waals surface area contributed by atoms with Crippen molar-refractivity contribution < 1.29 is 14.3 Å². The summed E-state index contributed by atoms with van der Waals surface area (Å²) in [5, 5.41) is 2.54. The van der Waals surface area contributed by atoms with E-state index < -0.39 is 5.97 Å². The fourth-order valence-electron chi connectivity index (χ4n) is 1.13. The fourth-order valence-corrected chi connectivity index (χ4v) is 1.30. The summed E-state index contributed by atoms with van der Waals surface area (Å²) in [4.78, 5) is 26.6. The first-order chi connectivity index (χ1) is 8.17. The van der Waals surface area contributed by atoms with Crippen LogP contribution in [0.3, 0.4) is 0 Å². The Morgan fingerprint density at radius 3 is 2.94 bits per heavy atom. The molecule has 6 heteroatoms. The van der Waals surface area contributed by atoms with Gasteiger partial charge >= 0.3 is 5.97 Å². The molecule has 0 saturated carbocycles. The summed E-state index contributed by atoms with van der Waals surface area (Å²) in [7, 11) is 0. The molecule has 0 unspecified atom stereocenters. The minimum atomic E-state index is -0.442. The molecule has 0 aliphatic rings. The molecule has 0 aliphatic heterocycles. The van der Waals surface area contributed by atoms with Crippen LogP contribution in [0.1, 0.15) is 23.7 Å². The first-order valence-corrected chi connectivity index (χ1v) is 5.69. The molecule has 0 aliphatic carbocycles. The van der Waals surface area contributed by atoms with Crippen molar-refractivity contribution in [1.82, 2.24) is 4.98 Å². The summed E-state index contributed by atoms with van der Waals surface area (Å²) in [6.07, 6.45) is 1.63. The molecule has 0 fully saturated rings. The van der Waals surface area contributed by atoms with Gasteiger partial charge in [0, 0.05) is 18.5 Å². The van der Waals surface area contributed by atoms with Gasteiger partial charge in [-0.15, -0.1) is 11.6 Å². The highest BCUT2D eigenvalue weighted by Crippen LogP contribution is 2.08. The minimum Gasteiger partial charge on any atom is -0.462 e. The third-order valence-electron chi connectivity index (χ3n) is 1.86. The van der Waals surface area contributed by atoms with Crippen molar-refractivity contribution in [2.45, 2.75) is 13.3 Å². The standard InChI is InChI=1S/C11H13ClN2O3/c1-2-17-11(16)8-4-6-13-9(7-8)14-10(15)3-5-12/h4,6-7H,2-3,5H2,1H3,(H,13,14,15). The Morgan fingerprint density at radius 1 is 1.53 bits per heavy atom. The molecule has 17 heavy (non-hydrogen) atoms. The number of esters is 1. The van der Waals surface area contributed by atoms with Gasteiger partial charge in [-0.25, -0.2) is 9.78 Å². The van der Waals surface area contributed by atoms with Crippen molar-refractivity contribution in [2.24, 2.45) is 0 Å². The lowest BCUT2D eigenvalue weighted by Gasteiger charge is -2.05. The lowest BCUT2D eigenvalue weighted by Crippen LogP contribution is -2.13. The van der Waals surface area contributed by atoms with Crippen molar-refractivity contribution in [3.05, 3.63) is 23.9 Å². The number of aromatic nitrogens is 1. The molecule has 0 spiro atoms. The third kappa shape index (κ3) is 4.40. The van der Waals surface area contributed by atoms with Crippen LogP contribution in [0, 0.1) is 0 Å². The highest BCUT2D eigenvalue weighted by molar-refractivity contribution is 6.19. The van der Waals surface area contributed by atoms with Crippen LogP contribution in [0.5, 0.6) is 0 Å². The SMILES string of the molecule is CCOC(=O)c1ccnc(NC(=O)CCCl)c1. The summed E-state index contributed by atoms with van der Waals surface area (Å²) >= 11 is 5.43. The van der Waals surface area contributed by atoms with Gasteiger partial charge in [0.05, 0.1) is 12.2 Å². The molecule has 0 bridgehead atoms. The van der Waals surface area contributed by atoms with E-state index in [4.69, 9.17) is 16.3 Å². The molecule has 1 aromatic heterocycles. The molecule has 0 radical (unpaired) electrons. The van der Waals surface area contributed by atoms with Gasteiger partial charge in [0.15, 0.2) is 0 Å². The zero-order chi connectivity index (χ0) is 12.7. The third-order valence-corrected chi connectivity index (χ3v) is 2.05. The van der Waals surface area contributed by atoms with E-state index in [2.05, 4.69) is 10.3 Å². The topological polar surface area (TPSA) is 68.3 Å². The zero-order valence-corrected chi connectivity index (χ0v) is 10.2. The second kappa shape index (κ2) is 6.85. The number of alkyl halides is 1. The lowest BCUT2D eigenvalue weighted by molar-refractivity contribution is -0.115. The molecule has 92 valence electrons. The average Bonchev–Trinajstić information content (AvgIpc) is 2.30. The van der Waals surface area contributed by atoms with E-state index >= 15 is 0 Å². The number of ether oxygens (including phenoxy) is 1. The first-order valence-electron chi connectivity index (χ1n) is 5.16. The number of anilines is 1. The highest BCUT2D eigenvalue weighted by atomic mass is 35.5. The van der Waals surface area contributed by atoms with E-state index in [9.17, 15) is 9.59 Å². The summed E-state index contributed by atoms with van der Waals surface area (Å²) in [5.74, 6) is -0.134. The van der Waals surface area contributed by atoms with Crippen molar-refractivity contribution in [3.63, 3.8) is 0 Å². The van der Waals surface area contributed by atoms with E-state index in [0.717, 1.165) is 0 Å². The number of rotatable bonds is 5. The molecule has 1 amide bonds. The van der Waals surface area contributed by atoms with Crippen LogP contribution in [0.4, 0.5) is 5.82 Å². The molecule has 1 N–H and O–H groups in total. The molecular formula is C11H13ClN2O3. The van der Waals surface area contributed by atoms with Crippen LogP contribution >= 0.6 is 11.6 Å². The van der Waals surface area contributed by atoms with Crippen molar-refractivity contribution in [2.75, 3.05) is 17.8 Å². The Bertz CT molecular complexity index is 409. The number of nitrogens with zero attached hydrogens (tertiary/aromatic N) is 1. The van der Waals surface area contributed by atoms with Gasteiger partial charge in [-0.3, -0.25) is 4.79 Å². The molecule has 1 heterocycles. The van der Waals surface area contributed by atoms with E-state index in [1.54, 1.807) is 6.92 Å². The quantitative estimate of drug-likeness (QED) is 0.645. The monoisotopic (exact) mass is 256 g/mol. The number of carbonyl (C=O) groups excluding carboxylic acids is 2. The molecule has 1 aromatic rings. The number of amides is 1. The number of carbonyl (C=O) groups is 2. The van der Waals surface area contributed by atoms with Crippen molar-refractivity contribution in [1.29, 1.82) is 0 Å². The van der Waals surface area contributed by atoms with E-state index in [0.29, 0.717) is 18.0 Å². The highest BCUT2D eigenvalue weighted by Gasteiger charge is 2.08. The molecular weight excluding hydrogens is 244 g/mol. The Balaban J connectivity index is 2.72. The number of nitrogens with one attached hydrogen (secondary N) is 1. The normalized spacial score (nSPS) is 9.76. The molecule has 0 saturated heterocycles. The Labute approximate surface area is 104 Å². The van der Waals surface area contributed by atoms with Gasteiger partial charge in [-0.05, 0) is 19.1 Å². The van der Waals surface area contributed by atoms with Gasteiger partial charge in [0.1, 0.15) is 5.82 Å². The van der Waals surface area contributed by atoms with Crippen molar-refractivity contribution >= 4 is 29.3 Å². The largest absolute Gasteiger partial charge is 0.462 e. The lowest BCUT2D eigenvalue weighted by atomic mass is 10.2. The fraction of sp³-hybridized carbons (Fsp3) is 0.364. The molecule has 0 aromatic carbocycles. The smallest absolute Gasteiger partial charge is 0.338 e. The maximum atomic E-state index is 11.4. The van der Waals surface area contributed by atoms with Crippen LogP contribution in [0.15, 0.2) is 18.3 Å². The maximum Gasteiger partial charge on any atom is 0.338 e. The predicted octanol–water partition coefficient (Wildman–Crippen LogP) is 1.83. The molecule has 5 nitrogen and oxygen atoms in total. The number of hydrogen-bond donors (Lipinski definition) is 1. The van der Waals surface area contributed by atoms with E-state index in [1.807, 2.05) is 0 Å². The Kier molecular flexibility index (Phi) is 5.42. The summed E-state index contributed by atoms with van der Waals surface area (Å²) < 4.78 is 4.83. The van der Waals surface area contributed by atoms with Gasteiger partial charge in [0.2, 0.25) is 5.91 Å². The van der Waals surface area contributed by atoms with Gasteiger partial charge in [0.25, 0.3) is 0 Å². The Morgan fingerprint density at radius 2 is 2.29 bits per heavy atom. The van der Waals surface area contributed by atoms with Crippen LogP contribution in [0.2, 0.25) is 0 Å². The van der Waals surface area contributed by atoms with Crippen LogP contribution < -0.4 is 5.32 Å². The van der Waals surface area contributed by atoms with Crippen molar-refractivity contribution in [3.8, 4) is 0 Å². The predicted molar refractivity (Wildman–Crippen MR) is 64.2 cm³/mol. The van der Waals surface area contributed by atoms with E-state index in [1.165, 1.54) is 18.3 Å². The van der Waals surface area contributed by atoms with Crippen LogP contribution in [-0.4, -0.2) is 29.3 Å². The average molecular weight is 257 g/mol. The number of hydrogen-bond acceptors (Lipinski definition) is 4. The summed E-state index contributed by atoms with van der Waals surface area (Å²) in [6, 6.07) is 2.99. The van der Waals surface area contributed by atoms with Gasteiger partial charge in [-0.2, -0.15) is 0 Å². The molecule has 1 rings (SSSR count). The summed E-state index contributed by atoms with van der Waals surface area (Å²) in [6.45, 7) is 2.03. The number of pyridine rings is 1. The zero-order valence-electron chi connectivity index (χ0n) is 9.40. The second-order valence-corrected chi connectivity index (χ2v) is 3.52. The van der Waals surface area contributed by atoms with Crippen LogP contribution in [0.25, 0.3) is 0 Å². The van der Waals surface area contributed by atoms with Gasteiger partial charge in [-0.1, -0.05) is 0 Å². The Hall–Kier alpha value is -1.62. The first kappa shape index (κ1) is 13.4.